The van der Waals surface area contributed by atoms with Crippen LogP contribution in [0.5, 0.6) is 5.75 Å². The first kappa shape index (κ1) is 11.4. The van der Waals surface area contributed by atoms with Gasteiger partial charge in [-0.3, -0.25) is 0 Å². The molecule has 88 valence electrons. The van der Waals surface area contributed by atoms with E-state index < -0.39 is 0 Å². The van der Waals surface area contributed by atoms with E-state index in [-0.39, 0.29) is 6.04 Å². The monoisotopic (exact) mass is 220 g/mol. The number of fused-ring (bicyclic) bond motifs is 1. The number of rotatable bonds is 4. The summed E-state index contributed by atoms with van der Waals surface area (Å²) in [7, 11) is 0. The summed E-state index contributed by atoms with van der Waals surface area (Å²) in [5.74, 6) is 1.02. The van der Waals surface area contributed by atoms with Gasteiger partial charge in [0.25, 0.3) is 0 Å². The van der Waals surface area contributed by atoms with Crippen molar-refractivity contribution in [3.8, 4) is 5.75 Å². The maximum absolute atomic E-state index is 6.13. The van der Waals surface area contributed by atoms with E-state index in [9.17, 15) is 0 Å². The third-order valence-electron chi connectivity index (χ3n) is 2.89. The first-order valence-electron chi connectivity index (χ1n) is 5.91. The molecule has 3 nitrogen and oxygen atoms in total. The maximum Gasteiger partial charge on any atom is 0.122 e. The minimum atomic E-state index is 0.0632. The van der Waals surface area contributed by atoms with Crippen LogP contribution in [-0.4, -0.2) is 19.2 Å². The first-order valence-corrected chi connectivity index (χ1v) is 5.91. The topological polar surface area (TPSA) is 47.3 Å². The van der Waals surface area contributed by atoms with Crippen molar-refractivity contribution >= 4 is 0 Å². The summed E-state index contributed by atoms with van der Waals surface area (Å²) >= 11 is 0. The average molecular weight is 220 g/mol. The summed E-state index contributed by atoms with van der Waals surface area (Å²) in [6.45, 7) is 5.88. The van der Waals surface area contributed by atoms with E-state index in [1.807, 2.05) is 6.07 Å². The molecule has 0 bridgehead atoms. The maximum atomic E-state index is 6.13. The fourth-order valence-electron chi connectivity index (χ4n) is 1.92. The van der Waals surface area contributed by atoms with Gasteiger partial charge in [0.05, 0.1) is 6.61 Å². The molecule has 1 aliphatic heterocycles. The molecule has 3 heteroatoms. The van der Waals surface area contributed by atoms with Gasteiger partial charge in [-0.1, -0.05) is 26.0 Å². The fourth-order valence-corrected chi connectivity index (χ4v) is 1.92. The molecule has 16 heavy (non-hydrogen) atoms. The SMILES string of the molecule is CC(C)NCC(N)c1ccc2c(c1)CCO2. The zero-order chi connectivity index (χ0) is 11.5. The van der Waals surface area contributed by atoms with E-state index in [2.05, 4.69) is 31.3 Å². The smallest absolute Gasteiger partial charge is 0.122 e. The number of nitrogens with two attached hydrogens (primary N) is 1. The van der Waals surface area contributed by atoms with Crippen molar-refractivity contribution in [2.24, 2.45) is 5.73 Å². The van der Waals surface area contributed by atoms with E-state index in [1.165, 1.54) is 11.1 Å². The molecule has 0 aromatic heterocycles. The van der Waals surface area contributed by atoms with Crippen LogP contribution < -0.4 is 15.8 Å². The molecule has 1 aromatic rings. The normalized spacial score (nSPS) is 16.0. The fraction of sp³-hybridized carbons (Fsp3) is 0.538. The highest BCUT2D eigenvalue weighted by Gasteiger charge is 2.14. The Morgan fingerprint density at radius 3 is 3.00 bits per heavy atom. The zero-order valence-corrected chi connectivity index (χ0v) is 9.99. The molecular weight excluding hydrogens is 200 g/mol. The highest BCUT2D eigenvalue weighted by molar-refractivity contribution is 5.40. The highest BCUT2D eigenvalue weighted by Crippen LogP contribution is 2.27. The van der Waals surface area contributed by atoms with Crippen LogP contribution >= 0.6 is 0 Å². The van der Waals surface area contributed by atoms with Crippen molar-refractivity contribution in [3.63, 3.8) is 0 Å². The van der Waals surface area contributed by atoms with Gasteiger partial charge in [-0.05, 0) is 17.2 Å². The summed E-state index contributed by atoms with van der Waals surface area (Å²) in [6.07, 6.45) is 1.01. The van der Waals surface area contributed by atoms with Gasteiger partial charge in [0.1, 0.15) is 5.75 Å². The van der Waals surface area contributed by atoms with E-state index in [4.69, 9.17) is 10.5 Å². The van der Waals surface area contributed by atoms with Crippen LogP contribution in [0.4, 0.5) is 0 Å². The Bertz CT molecular complexity index is 363. The summed E-state index contributed by atoms with van der Waals surface area (Å²) in [5.41, 5.74) is 8.62. The number of hydrogen-bond acceptors (Lipinski definition) is 3. The Hall–Kier alpha value is -1.06. The van der Waals surface area contributed by atoms with E-state index >= 15 is 0 Å². The van der Waals surface area contributed by atoms with Crippen molar-refractivity contribution in [3.05, 3.63) is 29.3 Å². The van der Waals surface area contributed by atoms with Gasteiger partial charge in [-0.2, -0.15) is 0 Å². The van der Waals surface area contributed by atoms with Crippen LogP contribution in [0, 0.1) is 0 Å². The van der Waals surface area contributed by atoms with Gasteiger partial charge in [0.2, 0.25) is 0 Å². The quantitative estimate of drug-likeness (QED) is 0.810. The predicted molar refractivity (Wildman–Crippen MR) is 65.7 cm³/mol. The lowest BCUT2D eigenvalue weighted by molar-refractivity contribution is 0.357. The molecule has 1 heterocycles. The molecule has 0 fully saturated rings. The number of nitrogens with one attached hydrogen (secondary N) is 1. The molecule has 0 saturated carbocycles. The Morgan fingerprint density at radius 1 is 1.44 bits per heavy atom. The Morgan fingerprint density at radius 2 is 2.25 bits per heavy atom. The minimum absolute atomic E-state index is 0.0632. The van der Waals surface area contributed by atoms with Crippen LogP contribution in [0.2, 0.25) is 0 Å². The van der Waals surface area contributed by atoms with Crippen LogP contribution in [0.1, 0.15) is 31.0 Å². The molecule has 1 atom stereocenters. The largest absolute Gasteiger partial charge is 0.493 e. The van der Waals surface area contributed by atoms with Gasteiger partial charge >= 0.3 is 0 Å². The summed E-state index contributed by atoms with van der Waals surface area (Å²) in [5, 5.41) is 3.36. The second kappa shape index (κ2) is 4.85. The van der Waals surface area contributed by atoms with Crippen LogP contribution in [0.3, 0.4) is 0 Å². The first-order chi connectivity index (χ1) is 7.66. The highest BCUT2D eigenvalue weighted by atomic mass is 16.5. The lowest BCUT2D eigenvalue weighted by Gasteiger charge is -2.16. The molecule has 0 spiro atoms. The van der Waals surface area contributed by atoms with Crippen molar-refractivity contribution in [2.75, 3.05) is 13.2 Å². The zero-order valence-electron chi connectivity index (χ0n) is 9.99. The summed E-state index contributed by atoms with van der Waals surface area (Å²) < 4.78 is 5.47. The van der Waals surface area contributed by atoms with Crippen molar-refractivity contribution in [2.45, 2.75) is 32.4 Å². The average Bonchev–Trinajstić information content (AvgIpc) is 2.72. The summed E-state index contributed by atoms with van der Waals surface area (Å²) in [4.78, 5) is 0. The van der Waals surface area contributed by atoms with Crippen molar-refractivity contribution < 1.29 is 4.74 Å². The van der Waals surface area contributed by atoms with Gasteiger partial charge in [-0.15, -0.1) is 0 Å². The number of benzene rings is 1. The number of hydrogen-bond donors (Lipinski definition) is 2. The minimum Gasteiger partial charge on any atom is -0.493 e. The molecule has 2 rings (SSSR count). The molecule has 3 N–H and O–H groups in total. The standard InChI is InChI=1S/C13H20N2O/c1-9(2)15-8-12(14)10-3-4-13-11(7-10)5-6-16-13/h3-4,7,9,12,15H,5-6,8,14H2,1-2H3. The predicted octanol–water partition coefficient (Wildman–Crippen LogP) is 1.62. The van der Waals surface area contributed by atoms with Gasteiger partial charge in [0, 0.05) is 25.0 Å². The van der Waals surface area contributed by atoms with Gasteiger partial charge in [0.15, 0.2) is 0 Å². The van der Waals surface area contributed by atoms with Crippen LogP contribution in [0.25, 0.3) is 0 Å². The second-order valence-electron chi connectivity index (χ2n) is 4.64. The Kier molecular flexibility index (Phi) is 3.46. The van der Waals surface area contributed by atoms with Gasteiger partial charge in [-0.25, -0.2) is 0 Å². The molecule has 0 saturated heterocycles. The van der Waals surface area contributed by atoms with Crippen LogP contribution in [-0.2, 0) is 6.42 Å². The van der Waals surface area contributed by atoms with Crippen molar-refractivity contribution in [1.82, 2.24) is 5.32 Å². The molecule has 0 radical (unpaired) electrons. The Labute approximate surface area is 97.0 Å². The lowest BCUT2D eigenvalue weighted by atomic mass is 10.0. The van der Waals surface area contributed by atoms with E-state index in [0.29, 0.717) is 6.04 Å². The van der Waals surface area contributed by atoms with E-state index in [1.54, 1.807) is 0 Å². The van der Waals surface area contributed by atoms with Crippen molar-refractivity contribution in [1.29, 1.82) is 0 Å². The molecule has 0 amide bonds. The number of ether oxygens (including phenoxy) is 1. The van der Waals surface area contributed by atoms with E-state index in [0.717, 1.165) is 25.3 Å². The van der Waals surface area contributed by atoms with Gasteiger partial charge < -0.3 is 15.8 Å². The lowest BCUT2D eigenvalue weighted by Crippen LogP contribution is -2.31. The third kappa shape index (κ3) is 2.54. The second-order valence-corrected chi connectivity index (χ2v) is 4.64. The summed E-state index contributed by atoms with van der Waals surface area (Å²) in [6, 6.07) is 6.82. The van der Waals surface area contributed by atoms with Crippen LogP contribution in [0.15, 0.2) is 18.2 Å². The molecule has 0 aliphatic carbocycles. The molecular formula is C13H20N2O. The molecule has 1 unspecified atom stereocenters. The molecule has 1 aromatic carbocycles. The Balaban J connectivity index is 2.03. The molecule has 1 aliphatic rings. The third-order valence-corrected chi connectivity index (χ3v) is 2.89.